The van der Waals surface area contributed by atoms with Crippen molar-refractivity contribution in [1.29, 1.82) is 0 Å². The minimum Gasteiger partial charge on any atom is -0.354 e. The van der Waals surface area contributed by atoms with Crippen molar-refractivity contribution in [1.82, 2.24) is 15.5 Å². The zero-order valence-electron chi connectivity index (χ0n) is 12.9. The maximum Gasteiger partial charge on any atom is 0.221 e. The number of carbonyl (C=O) groups is 1. The van der Waals surface area contributed by atoms with E-state index in [2.05, 4.69) is 22.5 Å². The van der Waals surface area contributed by atoms with E-state index in [9.17, 15) is 4.79 Å². The van der Waals surface area contributed by atoms with Crippen molar-refractivity contribution in [2.75, 3.05) is 26.2 Å². The van der Waals surface area contributed by atoms with Gasteiger partial charge in [0.15, 0.2) is 0 Å². The molecule has 1 rings (SSSR count). The molecule has 19 heavy (non-hydrogen) atoms. The molecule has 2 N–H and O–H groups in total. The molecule has 0 saturated carbocycles. The molecular formula is C15H31N3O. The van der Waals surface area contributed by atoms with Crippen LogP contribution in [0.15, 0.2) is 0 Å². The Balaban J connectivity index is 2.29. The Kier molecular flexibility index (Phi) is 8.07. The van der Waals surface area contributed by atoms with Gasteiger partial charge in [0.25, 0.3) is 0 Å². The van der Waals surface area contributed by atoms with Crippen LogP contribution >= 0.6 is 0 Å². The van der Waals surface area contributed by atoms with Gasteiger partial charge < -0.3 is 15.5 Å². The van der Waals surface area contributed by atoms with Gasteiger partial charge >= 0.3 is 0 Å². The Morgan fingerprint density at radius 3 is 2.79 bits per heavy atom. The van der Waals surface area contributed by atoms with Gasteiger partial charge in [-0.1, -0.05) is 13.3 Å². The number of nitrogens with one attached hydrogen (secondary N) is 2. The van der Waals surface area contributed by atoms with Crippen LogP contribution in [0.25, 0.3) is 0 Å². The standard InChI is InChI=1S/C15H31N3O/c1-4-5-10-18(12-14-7-6-9-16-14)11-8-15(19)17-13(2)3/h13-14,16H,4-12H2,1-3H3,(H,17,19). The van der Waals surface area contributed by atoms with E-state index in [0.717, 1.165) is 26.2 Å². The minimum absolute atomic E-state index is 0.177. The van der Waals surface area contributed by atoms with Gasteiger partial charge in [0.05, 0.1) is 0 Å². The lowest BCUT2D eigenvalue weighted by atomic mass is 10.2. The van der Waals surface area contributed by atoms with Crippen LogP contribution in [-0.2, 0) is 4.79 Å². The Morgan fingerprint density at radius 1 is 1.42 bits per heavy atom. The van der Waals surface area contributed by atoms with Gasteiger partial charge in [-0.25, -0.2) is 0 Å². The lowest BCUT2D eigenvalue weighted by Crippen LogP contribution is -2.40. The first-order valence-electron chi connectivity index (χ1n) is 7.87. The van der Waals surface area contributed by atoms with Crippen molar-refractivity contribution in [3.8, 4) is 0 Å². The van der Waals surface area contributed by atoms with E-state index >= 15 is 0 Å². The highest BCUT2D eigenvalue weighted by molar-refractivity contribution is 5.76. The summed E-state index contributed by atoms with van der Waals surface area (Å²) >= 11 is 0. The monoisotopic (exact) mass is 269 g/mol. The van der Waals surface area contributed by atoms with E-state index in [0.29, 0.717) is 12.5 Å². The zero-order chi connectivity index (χ0) is 14.1. The van der Waals surface area contributed by atoms with Crippen molar-refractivity contribution >= 4 is 5.91 Å². The molecule has 1 unspecified atom stereocenters. The molecule has 0 aliphatic carbocycles. The number of amides is 1. The summed E-state index contributed by atoms with van der Waals surface area (Å²) in [5.74, 6) is 0.177. The van der Waals surface area contributed by atoms with Crippen LogP contribution in [0.1, 0.15) is 52.9 Å². The highest BCUT2D eigenvalue weighted by atomic mass is 16.1. The summed E-state index contributed by atoms with van der Waals surface area (Å²) in [6, 6.07) is 0.873. The third kappa shape index (κ3) is 7.53. The highest BCUT2D eigenvalue weighted by Crippen LogP contribution is 2.08. The van der Waals surface area contributed by atoms with Crippen LogP contribution in [0.5, 0.6) is 0 Å². The fourth-order valence-electron chi connectivity index (χ4n) is 2.55. The van der Waals surface area contributed by atoms with E-state index in [1.807, 2.05) is 13.8 Å². The molecule has 1 amide bonds. The molecular weight excluding hydrogens is 238 g/mol. The van der Waals surface area contributed by atoms with Crippen molar-refractivity contribution in [3.05, 3.63) is 0 Å². The molecule has 0 spiro atoms. The third-order valence-electron chi connectivity index (χ3n) is 3.57. The molecule has 4 nitrogen and oxygen atoms in total. The second-order valence-electron chi connectivity index (χ2n) is 5.92. The Bertz CT molecular complexity index is 250. The smallest absolute Gasteiger partial charge is 0.221 e. The van der Waals surface area contributed by atoms with Crippen LogP contribution in [0.3, 0.4) is 0 Å². The summed E-state index contributed by atoms with van der Waals surface area (Å²) in [5, 5.41) is 6.51. The molecule has 1 saturated heterocycles. The molecule has 112 valence electrons. The quantitative estimate of drug-likeness (QED) is 0.670. The summed E-state index contributed by atoms with van der Waals surface area (Å²) in [6.45, 7) is 10.5. The van der Waals surface area contributed by atoms with Gasteiger partial charge in [-0.15, -0.1) is 0 Å². The summed E-state index contributed by atoms with van der Waals surface area (Å²) in [5.41, 5.74) is 0. The topological polar surface area (TPSA) is 44.4 Å². The van der Waals surface area contributed by atoms with Gasteiger partial charge in [0, 0.05) is 31.6 Å². The van der Waals surface area contributed by atoms with Crippen LogP contribution in [0.4, 0.5) is 0 Å². The number of hydrogen-bond acceptors (Lipinski definition) is 3. The first kappa shape index (κ1) is 16.4. The normalized spacial score (nSPS) is 19.3. The molecule has 0 aromatic carbocycles. The van der Waals surface area contributed by atoms with Gasteiger partial charge in [-0.05, 0) is 46.2 Å². The summed E-state index contributed by atoms with van der Waals surface area (Å²) in [7, 11) is 0. The number of unbranched alkanes of at least 4 members (excludes halogenated alkanes) is 1. The van der Waals surface area contributed by atoms with Gasteiger partial charge in [-0.2, -0.15) is 0 Å². The van der Waals surface area contributed by atoms with Crippen LogP contribution in [0, 0.1) is 0 Å². The molecule has 0 bridgehead atoms. The van der Waals surface area contributed by atoms with Crippen molar-refractivity contribution in [2.24, 2.45) is 0 Å². The molecule has 1 aliphatic heterocycles. The summed E-state index contributed by atoms with van der Waals surface area (Å²) in [6.07, 6.45) is 5.63. The fourth-order valence-corrected chi connectivity index (χ4v) is 2.55. The van der Waals surface area contributed by atoms with Crippen LogP contribution in [-0.4, -0.2) is 49.1 Å². The maximum atomic E-state index is 11.7. The summed E-state index contributed by atoms with van der Waals surface area (Å²) in [4.78, 5) is 14.2. The molecule has 0 aromatic rings. The lowest BCUT2D eigenvalue weighted by Gasteiger charge is -2.25. The highest BCUT2D eigenvalue weighted by Gasteiger charge is 2.18. The molecule has 1 aliphatic rings. The van der Waals surface area contributed by atoms with E-state index in [1.54, 1.807) is 0 Å². The second kappa shape index (κ2) is 9.32. The molecule has 0 aromatic heterocycles. The first-order valence-corrected chi connectivity index (χ1v) is 7.87. The maximum absolute atomic E-state index is 11.7. The van der Waals surface area contributed by atoms with E-state index in [-0.39, 0.29) is 11.9 Å². The number of nitrogens with zero attached hydrogens (tertiary/aromatic N) is 1. The zero-order valence-corrected chi connectivity index (χ0v) is 12.9. The molecule has 1 fully saturated rings. The van der Waals surface area contributed by atoms with Gasteiger partial charge in [0.2, 0.25) is 5.91 Å². The van der Waals surface area contributed by atoms with Crippen molar-refractivity contribution < 1.29 is 4.79 Å². The lowest BCUT2D eigenvalue weighted by molar-refractivity contribution is -0.121. The van der Waals surface area contributed by atoms with Crippen LogP contribution in [0.2, 0.25) is 0 Å². The van der Waals surface area contributed by atoms with E-state index in [4.69, 9.17) is 0 Å². The Morgan fingerprint density at radius 2 is 2.21 bits per heavy atom. The second-order valence-corrected chi connectivity index (χ2v) is 5.92. The number of carbonyl (C=O) groups excluding carboxylic acids is 1. The first-order chi connectivity index (χ1) is 9.11. The van der Waals surface area contributed by atoms with Crippen molar-refractivity contribution in [2.45, 2.75) is 65.0 Å². The van der Waals surface area contributed by atoms with Crippen molar-refractivity contribution in [3.63, 3.8) is 0 Å². The third-order valence-corrected chi connectivity index (χ3v) is 3.57. The molecule has 1 atom stereocenters. The van der Waals surface area contributed by atoms with Gasteiger partial charge in [0.1, 0.15) is 0 Å². The van der Waals surface area contributed by atoms with Gasteiger partial charge in [-0.3, -0.25) is 4.79 Å². The predicted molar refractivity (Wildman–Crippen MR) is 80.3 cm³/mol. The largest absolute Gasteiger partial charge is 0.354 e. The molecule has 0 radical (unpaired) electrons. The Labute approximate surface area is 118 Å². The fraction of sp³-hybridized carbons (Fsp3) is 0.933. The molecule has 4 heteroatoms. The van der Waals surface area contributed by atoms with E-state index in [1.165, 1.54) is 25.7 Å². The average molecular weight is 269 g/mol. The Hall–Kier alpha value is -0.610. The minimum atomic E-state index is 0.177. The van der Waals surface area contributed by atoms with E-state index < -0.39 is 0 Å². The average Bonchev–Trinajstić information content (AvgIpc) is 2.84. The summed E-state index contributed by atoms with van der Waals surface area (Å²) < 4.78 is 0. The number of rotatable bonds is 9. The number of hydrogen-bond donors (Lipinski definition) is 2. The molecule has 1 heterocycles. The predicted octanol–water partition coefficient (Wildman–Crippen LogP) is 1.76. The van der Waals surface area contributed by atoms with Crippen LogP contribution < -0.4 is 10.6 Å². The SMILES string of the molecule is CCCCN(CCC(=O)NC(C)C)CC1CCCN1.